The first-order valence-corrected chi connectivity index (χ1v) is 15.7. The number of hydrogen-bond acceptors (Lipinski definition) is 6. The summed E-state index contributed by atoms with van der Waals surface area (Å²) in [5.41, 5.74) is 9.55. The number of rotatable bonds is 13. The Labute approximate surface area is 253 Å². The highest BCUT2D eigenvalue weighted by Gasteiger charge is 2.30. The first-order valence-electron chi connectivity index (χ1n) is 14.4. The lowest BCUT2D eigenvalue weighted by molar-refractivity contribution is -0.137. The number of benzene rings is 2. The van der Waals surface area contributed by atoms with E-state index in [9.17, 15) is 9.59 Å². The Kier molecular flexibility index (Phi) is 11.6. The normalized spacial score (nSPS) is 15.1. The molecule has 1 aliphatic heterocycles. The van der Waals surface area contributed by atoms with Crippen LogP contribution in [0.2, 0.25) is 5.02 Å². The van der Waals surface area contributed by atoms with Gasteiger partial charge in [-0.05, 0) is 59.5 Å². The average molecular weight is 596 g/mol. The van der Waals surface area contributed by atoms with Crippen molar-refractivity contribution in [2.45, 2.75) is 51.7 Å². The molecule has 4 N–H and O–H groups in total. The molecule has 9 heteroatoms. The topological polar surface area (TPSA) is 90.7 Å². The largest absolute Gasteiger partial charge is 0.368 e. The van der Waals surface area contributed by atoms with Crippen LogP contribution in [0.15, 0.2) is 66.0 Å². The van der Waals surface area contributed by atoms with Gasteiger partial charge in [-0.2, -0.15) is 0 Å². The van der Waals surface area contributed by atoms with Crippen LogP contribution in [0.25, 0.3) is 0 Å². The molecule has 2 heterocycles. The molecule has 0 radical (unpaired) electrons. The molecule has 220 valence electrons. The Bertz CT molecular complexity index is 1240. The molecular formula is C32H42ClN5O2S. The maximum absolute atomic E-state index is 13.7. The highest BCUT2D eigenvalue weighted by molar-refractivity contribution is 7.09. The minimum Gasteiger partial charge on any atom is -0.368 e. The van der Waals surface area contributed by atoms with Crippen molar-refractivity contribution in [3.05, 3.63) is 87.1 Å². The molecule has 1 aliphatic rings. The number of halogens is 1. The van der Waals surface area contributed by atoms with E-state index in [0.29, 0.717) is 31.0 Å². The van der Waals surface area contributed by atoms with Gasteiger partial charge in [0.25, 0.3) is 0 Å². The minimum absolute atomic E-state index is 0.0757. The summed E-state index contributed by atoms with van der Waals surface area (Å²) in [6.45, 7) is 8.42. The molecule has 41 heavy (non-hydrogen) atoms. The summed E-state index contributed by atoms with van der Waals surface area (Å²) in [5, 5.41) is 9.30. The summed E-state index contributed by atoms with van der Waals surface area (Å²) in [7, 11) is 0. The molecule has 0 aliphatic carbocycles. The predicted octanol–water partition coefficient (Wildman–Crippen LogP) is 4.48. The Hall–Kier alpha value is -2.91. The molecule has 2 aromatic carbocycles. The van der Waals surface area contributed by atoms with E-state index >= 15 is 0 Å². The van der Waals surface area contributed by atoms with E-state index in [2.05, 4.69) is 57.3 Å². The number of nitrogens with two attached hydrogens (primary N) is 1. The molecule has 2 amide bonds. The van der Waals surface area contributed by atoms with E-state index in [0.717, 1.165) is 38.2 Å². The zero-order valence-corrected chi connectivity index (χ0v) is 25.6. The molecular weight excluding hydrogens is 554 g/mol. The second kappa shape index (κ2) is 15.4. The fraction of sp³-hybridized carbons (Fsp3) is 0.438. The molecule has 0 saturated carbocycles. The molecule has 1 saturated heterocycles. The third-order valence-corrected chi connectivity index (χ3v) is 8.59. The zero-order chi connectivity index (χ0) is 29.2. The van der Waals surface area contributed by atoms with Gasteiger partial charge in [0.15, 0.2) is 0 Å². The summed E-state index contributed by atoms with van der Waals surface area (Å²) in [5.74, 6) is -0.0771. The Balaban J connectivity index is 1.37. The van der Waals surface area contributed by atoms with Crippen LogP contribution >= 0.6 is 22.9 Å². The van der Waals surface area contributed by atoms with Gasteiger partial charge in [-0.25, -0.2) is 0 Å². The molecule has 1 fully saturated rings. The van der Waals surface area contributed by atoms with Crippen LogP contribution in [0.3, 0.4) is 0 Å². The van der Waals surface area contributed by atoms with Crippen molar-refractivity contribution < 1.29 is 9.59 Å². The number of hydrogen-bond donors (Lipinski definition) is 3. The number of nitrogens with one attached hydrogen (secondary N) is 2. The third-order valence-electron chi connectivity index (χ3n) is 7.40. The fourth-order valence-electron chi connectivity index (χ4n) is 5.20. The molecule has 2 atom stereocenters. The monoisotopic (exact) mass is 595 g/mol. The summed E-state index contributed by atoms with van der Waals surface area (Å²) >= 11 is 7.86. The number of anilines is 1. The van der Waals surface area contributed by atoms with Gasteiger partial charge in [0.05, 0.1) is 6.04 Å². The summed E-state index contributed by atoms with van der Waals surface area (Å²) in [6, 6.07) is 18.8. The number of thiophene rings is 1. The quantitative estimate of drug-likeness (QED) is 0.254. The minimum atomic E-state index is -0.687. The van der Waals surface area contributed by atoms with E-state index in [1.807, 2.05) is 30.9 Å². The molecule has 0 bridgehead atoms. The van der Waals surface area contributed by atoms with Crippen LogP contribution in [0.4, 0.5) is 5.69 Å². The summed E-state index contributed by atoms with van der Waals surface area (Å²) in [4.78, 5) is 32.3. The first kappa shape index (κ1) is 31.0. The Morgan fingerprint density at radius 1 is 1.00 bits per heavy atom. The van der Waals surface area contributed by atoms with Crippen molar-refractivity contribution in [3.8, 4) is 0 Å². The molecule has 4 rings (SSSR count). The van der Waals surface area contributed by atoms with Crippen molar-refractivity contribution in [1.29, 1.82) is 0 Å². The molecule has 1 unspecified atom stereocenters. The van der Waals surface area contributed by atoms with Crippen LogP contribution in [-0.4, -0.2) is 61.5 Å². The standard InChI is InChI=1S/C32H42ClN5O2S/c1-23(2)20-28(34)31(39)36-29(21-24-9-11-26(33)12-10-24)32(40)38-17-15-37(16-18-38)30-8-4-3-6-25(30)22-35-14-13-27-7-5-19-41-27/h3-12,19,23,28-29,35H,13-18,20-22,34H2,1-2H3,(H,36,39)/t28?,29-/m1/s1. The number of piperazine rings is 1. The lowest BCUT2D eigenvalue weighted by Crippen LogP contribution is -2.57. The van der Waals surface area contributed by atoms with Gasteiger partial charge in [-0.3, -0.25) is 9.59 Å². The number of nitrogens with zero attached hydrogens (tertiary/aromatic N) is 2. The van der Waals surface area contributed by atoms with Crippen molar-refractivity contribution in [3.63, 3.8) is 0 Å². The van der Waals surface area contributed by atoms with E-state index < -0.39 is 12.1 Å². The molecule has 3 aromatic rings. The average Bonchev–Trinajstić information content (AvgIpc) is 3.49. The molecule has 0 spiro atoms. The van der Waals surface area contributed by atoms with E-state index in [-0.39, 0.29) is 17.7 Å². The maximum atomic E-state index is 13.7. The van der Waals surface area contributed by atoms with Gasteiger partial charge in [-0.1, -0.05) is 61.8 Å². The van der Waals surface area contributed by atoms with Gasteiger partial charge >= 0.3 is 0 Å². The first-order chi connectivity index (χ1) is 19.8. The summed E-state index contributed by atoms with van der Waals surface area (Å²) < 4.78 is 0. The van der Waals surface area contributed by atoms with E-state index in [4.69, 9.17) is 17.3 Å². The zero-order valence-electron chi connectivity index (χ0n) is 24.0. The van der Waals surface area contributed by atoms with Crippen molar-refractivity contribution in [1.82, 2.24) is 15.5 Å². The van der Waals surface area contributed by atoms with Gasteiger partial charge in [0, 0.05) is 61.3 Å². The lowest BCUT2D eigenvalue weighted by atomic mass is 10.0. The number of carbonyl (C=O) groups excluding carboxylic acids is 2. The van der Waals surface area contributed by atoms with Crippen LogP contribution in [-0.2, 0) is 29.0 Å². The predicted molar refractivity (Wildman–Crippen MR) is 169 cm³/mol. The smallest absolute Gasteiger partial charge is 0.245 e. The SMILES string of the molecule is CC(C)CC(N)C(=O)N[C@H](Cc1ccc(Cl)cc1)C(=O)N1CCN(c2ccccc2CNCCc2cccs2)CC1. The van der Waals surface area contributed by atoms with Crippen molar-refractivity contribution >= 4 is 40.4 Å². The van der Waals surface area contributed by atoms with E-state index in [1.165, 1.54) is 16.1 Å². The fourth-order valence-corrected chi connectivity index (χ4v) is 6.03. The highest BCUT2D eigenvalue weighted by Crippen LogP contribution is 2.23. The second-order valence-electron chi connectivity index (χ2n) is 11.1. The summed E-state index contributed by atoms with van der Waals surface area (Å²) in [6.07, 6.45) is 1.97. The number of amides is 2. The third kappa shape index (κ3) is 9.30. The number of carbonyl (C=O) groups is 2. The van der Waals surface area contributed by atoms with Crippen LogP contribution in [0, 0.1) is 5.92 Å². The van der Waals surface area contributed by atoms with Gasteiger partial charge < -0.3 is 26.2 Å². The van der Waals surface area contributed by atoms with Crippen LogP contribution < -0.4 is 21.3 Å². The Morgan fingerprint density at radius 3 is 2.41 bits per heavy atom. The van der Waals surface area contributed by atoms with E-state index in [1.54, 1.807) is 23.5 Å². The lowest BCUT2D eigenvalue weighted by Gasteiger charge is -2.38. The number of para-hydroxylation sites is 1. The van der Waals surface area contributed by atoms with Crippen LogP contribution in [0.1, 0.15) is 36.3 Å². The van der Waals surface area contributed by atoms with Crippen molar-refractivity contribution in [2.75, 3.05) is 37.6 Å². The van der Waals surface area contributed by atoms with Gasteiger partial charge in [0.2, 0.25) is 11.8 Å². The van der Waals surface area contributed by atoms with Gasteiger partial charge in [-0.15, -0.1) is 11.3 Å². The van der Waals surface area contributed by atoms with Gasteiger partial charge in [0.1, 0.15) is 6.04 Å². The highest BCUT2D eigenvalue weighted by atomic mass is 35.5. The maximum Gasteiger partial charge on any atom is 0.245 e. The Morgan fingerprint density at radius 2 is 1.73 bits per heavy atom. The molecule has 1 aromatic heterocycles. The van der Waals surface area contributed by atoms with Crippen molar-refractivity contribution in [2.24, 2.45) is 11.7 Å². The molecule has 7 nitrogen and oxygen atoms in total. The second-order valence-corrected chi connectivity index (χ2v) is 12.5. The van der Waals surface area contributed by atoms with Crippen LogP contribution in [0.5, 0.6) is 0 Å².